The minimum absolute atomic E-state index is 0.00996. The fourth-order valence-electron chi connectivity index (χ4n) is 5.16. The van der Waals surface area contributed by atoms with E-state index in [1.807, 2.05) is 30.7 Å². The number of hydrogen-bond acceptors (Lipinski definition) is 7. The summed E-state index contributed by atoms with van der Waals surface area (Å²) in [5.41, 5.74) is 3.84. The number of benzene rings is 3. The Morgan fingerprint density at radius 2 is 1.78 bits per heavy atom. The van der Waals surface area contributed by atoms with Gasteiger partial charge in [-0.2, -0.15) is 0 Å². The highest BCUT2D eigenvalue weighted by Gasteiger charge is 2.35. The van der Waals surface area contributed by atoms with Crippen LogP contribution in [0, 0.1) is 0 Å². The number of hydrogen-bond donors (Lipinski definition) is 1. The van der Waals surface area contributed by atoms with Crippen LogP contribution in [0.2, 0.25) is 15.1 Å². The number of nitrogens with one attached hydrogen (secondary N) is 1. The minimum atomic E-state index is -3.76. The number of carbonyl (C=O) groups excluding carboxylic acids is 1. The van der Waals surface area contributed by atoms with Crippen molar-refractivity contribution < 1.29 is 22.5 Å². The third-order valence-electron chi connectivity index (χ3n) is 7.31. The Kier molecular flexibility index (Phi) is 7.18. The van der Waals surface area contributed by atoms with Gasteiger partial charge in [0.25, 0.3) is 15.9 Å². The standard InChI is InChI=1S/C29H24Cl3N3O5S/c1-15(2)28-21(27(33-40-28)26-22(30)4-3-5-23(26)31)14-39-18-7-8-19(24(32)11-18)16-12-35(13-16)17-6-9-25-20(10-17)29(36)34-41(25,37)38/h3-11,15-16H,12-14H2,1-2H3,(H,34,36). The van der Waals surface area contributed by atoms with Crippen LogP contribution in [0.4, 0.5) is 5.69 Å². The van der Waals surface area contributed by atoms with Crippen molar-refractivity contribution in [1.82, 2.24) is 9.88 Å². The molecule has 212 valence electrons. The van der Waals surface area contributed by atoms with Gasteiger partial charge < -0.3 is 14.2 Å². The van der Waals surface area contributed by atoms with Crippen LogP contribution in [0.25, 0.3) is 11.3 Å². The van der Waals surface area contributed by atoms with Gasteiger partial charge in [-0.05, 0) is 48.0 Å². The first-order valence-electron chi connectivity index (χ1n) is 12.8. The average Bonchev–Trinajstić information content (AvgIpc) is 3.40. The van der Waals surface area contributed by atoms with Gasteiger partial charge in [0.2, 0.25) is 0 Å². The van der Waals surface area contributed by atoms with Gasteiger partial charge in [-0.1, -0.05) is 65.9 Å². The van der Waals surface area contributed by atoms with Crippen molar-refractivity contribution in [2.75, 3.05) is 18.0 Å². The third kappa shape index (κ3) is 5.05. The van der Waals surface area contributed by atoms with E-state index >= 15 is 0 Å². The van der Waals surface area contributed by atoms with Gasteiger partial charge in [0.05, 0.1) is 21.2 Å². The van der Waals surface area contributed by atoms with Crippen LogP contribution in [0.3, 0.4) is 0 Å². The van der Waals surface area contributed by atoms with Gasteiger partial charge in [0.1, 0.15) is 28.7 Å². The number of ether oxygens (including phenoxy) is 1. The molecule has 2 aliphatic rings. The van der Waals surface area contributed by atoms with Gasteiger partial charge in [0.15, 0.2) is 0 Å². The van der Waals surface area contributed by atoms with Crippen molar-refractivity contribution in [3.05, 3.63) is 92.1 Å². The largest absolute Gasteiger partial charge is 0.489 e. The highest BCUT2D eigenvalue weighted by atomic mass is 35.5. The lowest BCUT2D eigenvalue weighted by Gasteiger charge is -2.41. The normalized spacial score (nSPS) is 16.0. The summed E-state index contributed by atoms with van der Waals surface area (Å²) in [6, 6.07) is 15.7. The number of carbonyl (C=O) groups is 1. The molecule has 0 aliphatic carbocycles. The van der Waals surface area contributed by atoms with E-state index in [2.05, 4.69) is 10.1 Å². The van der Waals surface area contributed by atoms with E-state index in [1.165, 1.54) is 6.07 Å². The molecule has 0 atom stereocenters. The number of aromatic nitrogens is 1. The number of nitrogens with zero attached hydrogens (tertiary/aromatic N) is 2. The summed E-state index contributed by atoms with van der Waals surface area (Å²) in [6.45, 7) is 5.55. The quantitative estimate of drug-likeness (QED) is 0.233. The fourth-order valence-corrected chi connectivity index (χ4v) is 7.22. The Hall–Kier alpha value is -3.24. The SMILES string of the molecule is CC(C)c1onc(-c2c(Cl)cccc2Cl)c1COc1ccc(C2CN(c3ccc4c(c3)C(=O)NS4(=O)=O)C2)c(Cl)c1. The van der Waals surface area contributed by atoms with Gasteiger partial charge in [-0.25, -0.2) is 13.1 Å². The first-order chi connectivity index (χ1) is 19.5. The van der Waals surface area contributed by atoms with Crippen LogP contribution in [-0.2, 0) is 16.6 Å². The molecule has 4 aromatic rings. The smallest absolute Gasteiger partial charge is 0.266 e. The van der Waals surface area contributed by atoms with Crippen LogP contribution in [0.15, 0.2) is 64.0 Å². The maximum atomic E-state index is 12.1. The average molecular weight is 633 g/mol. The molecule has 0 spiro atoms. The van der Waals surface area contributed by atoms with Crippen molar-refractivity contribution in [3.8, 4) is 17.0 Å². The van der Waals surface area contributed by atoms with Gasteiger partial charge in [-0.3, -0.25) is 4.79 Å². The van der Waals surface area contributed by atoms with Gasteiger partial charge in [-0.15, -0.1) is 0 Å². The van der Waals surface area contributed by atoms with Crippen molar-refractivity contribution >= 4 is 56.4 Å². The molecule has 6 rings (SSSR count). The van der Waals surface area contributed by atoms with E-state index in [1.54, 1.807) is 36.4 Å². The first-order valence-corrected chi connectivity index (χ1v) is 15.5. The lowest BCUT2D eigenvalue weighted by Crippen LogP contribution is -2.45. The minimum Gasteiger partial charge on any atom is -0.489 e. The van der Waals surface area contributed by atoms with Gasteiger partial charge in [0, 0.05) is 41.2 Å². The molecule has 0 saturated carbocycles. The molecule has 3 aromatic carbocycles. The molecule has 3 heterocycles. The third-order valence-corrected chi connectivity index (χ3v) is 9.65. The van der Waals surface area contributed by atoms with Gasteiger partial charge >= 0.3 is 0 Å². The van der Waals surface area contributed by atoms with Crippen LogP contribution in [0.1, 0.15) is 52.9 Å². The summed E-state index contributed by atoms with van der Waals surface area (Å²) < 4.78 is 37.8. The van der Waals surface area contributed by atoms with E-state index in [9.17, 15) is 13.2 Å². The second-order valence-corrected chi connectivity index (χ2v) is 13.2. The summed E-state index contributed by atoms with van der Waals surface area (Å²) in [5, 5.41) is 5.79. The molecule has 0 radical (unpaired) electrons. The predicted octanol–water partition coefficient (Wildman–Crippen LogP) is 7.04. The second-order valence-electron chi connectivity index (χ2n) is 10.3. The molecule has 0 unspecified atom stereocenters. The Balaban J connectivity index is 1.16. The van der Waals surface area contributed by atoms with E-state index in [0.717, 1.165) is 16.8 Å². The van der Waals surface area contributed by atoms with E-state index in [4.69, 9.17) is 44.1 Å². The number of amides is 1. The maximum Gasteiger partial charge on any atom is 0.266 e. The van der Waals surface area contributed by atoms with E-state index in [0.29, 0.717) is 50.9 Å². The molecule has 1 fully saturated rings. The second kappa shape index (κ2) is 10.5. The maximum absolute atomic E-state index is 12.1. The molecular weight excluding hydrogens is 609 g/mol. The highest BCUT2D eigenvalue weighted by molar-refractivity contribution is 7.90. The Labute approximate surface area is 252 Å². The summed E-state index contributed by atoms with van der Waals surface area (Å²) in [4.78, 5) is 14.2. The molecule has 1 saturated heterocycles. The number of sulfonamides is 1. The van der Waals surface area contributed by atoms with E-state index in [-0.39, 0.29) is 28.9 Å². The van der Waals surface area contributed by atoms with Crippen molar-refractivity contribution in [2.24, 2.45) is 0 Å². The Morgan fingerprint density at radius 1 is 1.05 bits per heavy atom. The molecule has 2 aliphatic heterocycles. The molecule has 1 N–H and O–H groups in total. The molecule has 0 bridgehead atoms. The van der Waals surface area contributed by atoms with Crippen LogP contribution in [0.5, 0.6) is 5.75 Å². The molecule has 8 nitrogen and oxygen atoms in total. The monoisotopic (exact) mass is 631 g/mol. The zero-order valence-corrected chi connectivity index (χ0v) is 25.0. The van der Waals surface area contributed by atoms with Crippen LogP contribution in [-0.4, -0.2) is 32.6 Å². The Bertz CT molecular complexity index is 1780. The lowest BCUT2D eigenvalue weighted by molar-refractivity contribution is 0.0985. The fraction of sp³-hybridized carbons (Fsp3) is 0.241. The summed E-state index contributed by atoms with van der Waals surface area (Å²) in [5.74, 6) is 0.907. The Morgan fingerprint density at radius 3 is 2.46 bits per heavy atom. The number of halogens is 3. The zero-order chi connectivity index (χ0) is 29.1. The highest BCUT2D eigenvalue weighted by Crippen LogP contribution is 2.40. The first kappa shape index (κ1) is 27.9. The number of anilines is 1. The number of rotatable bonds is 7. The van der Waals surface area contributed by atoms with Crippen molar-refractivity contribution in [1.29, 1.82) is 0 Å². The molecule has 1 amide bonds. The lowest BCUT2D eigenvalue weighted by atomic mass is 9.90. The summed E-state index contributed by atoms with van der Waals surface area (Å²) in [6.07, 6.45) is 0. The zero-order valence-electron chi connectivity index (χ0n) is 21.9. The van der Waals surface area contributed by atoms with Crippen LogP contribution < -0.4 is 14.4 Å². The molecule has 41 heavy (non-hydrogen) atoms. The molecule has 1 aromatic heterocycles. The van der Waals surface area contributed by atoms with Crippen molar-refractivity contribution in [2.45, 2.75) is 37.2 Å². The molecular formula is C29H24Cl3N3O5S. The van der Waals surface area contributed by atoms with E-state index < -0.39 is 15.9 Å². The predicted molar refractivity (Wildman–Crippen MR) is 158 cm³/mol. The summed E-state index contributed by atoms with van der Waals surface area (Å²) in [7, 11) is -3.76. The number of fused-ring (bicyclic) bond motifs is 1. The van der Waals surface area contributed by atoms with Crippen LogP contribution >= 0.6 is 34.8 Å². The summed E-state index contributed by atoms with van der Waals surface area (Å²) >= 11 is 19.6. The molecule has 12 heteroatoms. The van der Waals surface area contributed by atoms with Crippen molar-refractivity contribution in [3.63, 3.8) is 0 Å². The topological polar surface area (TPSA) is 102 Å².